The molecule has 2 rings (SSSR count). The molecule has 2 amide bonds. The van der Waals surface area contributed by atoms with Crippen LogP contribution in [0.3, 0.4) is 0 Å². The molecule has 1 aromatic heterocycles. The highest BCUT2D eigenvalue weighted by atomic mass is 16.5. The van der Waals surface area contributed by atoms with Crippen LogP contribution in [0.2, 0.25) is 0 Å². The Kier molecular flexibility index (Phi) is 3.61. The molecule has 1 aromatic carbocycles. The van der Waals surface area contributed by atoms with Gasteiger partial charge in [0.25, 0.3) is 11.8 Å². The second-order valence-electron chi connectivity index (χ2n) is 3.95. The maximum absolute atomic E-state index is 11.8. The van der Waals surface area contributed by atoms with E-state index in [1.54, 1.807) is 38.2 Å². The van der Waals surface area contributed by atoms with Gasteiger partial charge in [0, 0.05) is 24.4 Å². The third-order valence-electron chi connectivity index (χ3n) is 2.46. The van der Waals surface area contributed by atoms with Crippen molar-refractivity contribution < 1.29 is 14.1 Å². The van der Waals surface area contributed by atoms with Crippen LogP contribution in [-0.2, 0) is 0 Å². The van der Waals surface area contributed by atoms with E-state index in [1.807, 2.05) is 0 Å². The Morgan fingerprint density at radius 1 is 1.21 bits per heavy atom. The first-order valence-electron chi connectivity index (χ1n) is 5.67. The van der Waals surface area contributed by atoms with Gasteiger partial charge >= 0.3 is 0 Å². The summed E-state index contributed by atoms with van der Waals surface area (Å²) in [5.74, 6) is -0.496. The summed E-state index contributed by atoms with van der Waals surface area (Å²) in [5.41, 5.74) is 1.61. The van der Waals surface area contributed by atoms with Crippen LogP contribution >= 0.6 is 0 Å². The largest absolute Gasteiger partial charge is 0.355 e. The third kappa shape index (κ3) is 2.98. The lowest BCUT2D eigenvalue weighted by molar-refractivity contribution is 0.0959. The van der Waals surface area contributed by atoms with Gasteiger partial charge in [0.15, 0.2) is 0 Å². The lowest BCUT2D eigenvalue weighted by Gasteiger charge is -2.05. The molecule has 0 atom stereocenters. The van der Waals surface area contributed by atoms with E-state index in [2.05, 4.69) is 15.8 Å². The number of hydrogen-bond acceptors (Lipinski definition) is 4. The number of anilines is 1. The maximum Gasteiger partial charge on any atom is 0.294 e. The van der Waals surface area contributed by atoms with Crippen LogP contribution in [0.4, 0.5) is 5.69 Å². The molecule has 6 nitrogen and oxygen atoms in total. The zero-order chi connectivity index (χ0) is 13.8. The third-order valence-corrected chi connectivity index (χ3v) is 2.46. The lowest BCUT2D eigenvalue weighted by atomic mass is 10.2. The lowest BCUT2D eigenvalue weighted by Crippen LogP contribution is -2.18. The van der Waals surface area contributed by atoms with Crippen molar-refractivity contribution in [3.05, 3.63) is 47.3 Å². The van der Waals surface area contributed by atoms with Gasteiger partial charge in [-0.05, 0) is 25.1 Å². The number of benzene rings is 1. The Labute approximate surface area is 109 Å². The van der Waals surface area contributed by atoms with Crippen LogP contribution in [0.15, 0.2) is 34.9 Å². The number of nitrogens with one attached hydrogen (secondary N) is 2. The average molecular weight is 259 g/mol. The average Bonchev–Trinajstić information content (AvgIpc) is 2.85. The number of amides is 2. The highest BCUT2D eigenvalue weighted by molar-refractivity contribution is 6.03. The number of aromatic nitrogens is 1. The van der Waals surface area contributed by atoms with Gasteiger partial charge in [-0.15, -0.1) is 0 Å². The van der Waals surface area contributed by atoms with Crippen molar-refractivity contribution in [2.24, 2.45) is 0 Å². The molecule has 0 radical (unpaired) electrons. The maximum atomic E-state index is 11.8. The molecule has 2 aromatic rings. The molecule has 19 heavy (non-hydrogen) atoms. The molecule has 0 saturated carbocycles. The van der Waals surface area contributed by atoms with Gasteiger partial charge in [0.2, 0.25) is 5.76 Å². The molecule has 0 bridgehead atoms. The summed E-state index contributed by atoms with van der Waals surface area (Å²) >= 11 is 0. The molecule has 0 saturated heterocycles. The second kappa shape index (κ2) is 5.34. The molecule has 0 unspecified atom stereocenters. The molecule has 0 spiro atoms. The van der Waals surface area contributed by atoms with Gasteiger partial charge in [-0.3, -0.25) is 9.59 Å². The zero-order valence-electron chi connectivity index (χ0n) is 10.6. The van der Waals surface area contributed by atoms with Gasteiger partial charge in [-0.2, -0.15) is 0 Å². The van der Waals surface area contributed by atoms with E-state index in [0.29, 0.717) is 16.9 Å². The SMILES string of the molecule is CNC(=O)c1cccc(NC(=O)c2cc(C)no2)c1. The van der Waals surface area contributed by atoms with Crippen molar-refractivity contribution in [2.75, 3.05) is 12.4 Å². The van der Waals surface area contributed by atoms with E-state index in [9.17, 15) is 9.59 Å². The van der Waals surface area contributed by atoms with Crippen LogP contribution in [-0.4, -0.2) is 24.0 Å². The summed E-state index contributed by atoms with van der Waals surface area (Å²) < 4.78 is 4.86. The zero-order valence-corrected chi connectivity index (χ0v) is 10.6. The summed E-state index contributed by atoms with van der Waals surface area (Å²) in [6, 6.07) is 8.16. The topological polar surface area (TPSA) is 84.2 Å². The van der Waals surface area contributed by atoms with Gasteiger partial charge < -0.3 is 15.2 Å². The van der Waals surface area contributed by atoms with Crippen LogP contribution < -0.4 is 10.6 Å². The van der Waals surface area contributed by atoms with E-state index in [4.69, 9.17) is 4.52 Å². The highest BCUT2D eigenvalue weighted by Crippen LogP contribution is 2.12. The predicted octanol–water partition coefficient (Wildman–Crippen LogP) is 1.59. The van der Waals surface area contributed by atoms with E-state index in [1.165, 1.54) is 6.07 Å². The summed E-state index contributed by atoms with van der Waals surface area (Å²) in [6.07, 6.45) is 0. The predicted molar refractivity (Wildman–Crippen MR) is 69.0 cm³/mol. The quantitative estimate of drug-likeness (QED) is 0.876. The minimum absolute atomic E-state index is 0.128. The fraction of sp³-hybridized carbons (Fsp3) is 0.154. The fourth-order valence-corrected chi connectivity index (χ4v) is 1.55. The Morgan fingerprint density at radius 3 is 2.63 bits per heavy atom. The fourth-order valence-electron chi connectivity index (χ4n) is 1.55. The summed E-state index contributed by atoms with van der Waals surface area (Å²) in [4.78, 5) is 23.3. The normalized spacial score (nSPS) is 10.0. The first kappa shape index (κ1) is 12.8. The number of rotatable bonds is 3. The van der Waals surface area contributed by atoms with Gasteiger partial charge in [0.1, 0.15) is 0 Å². The standard InChI is InChI=1S/C13H13N3O3/c1-8-6-11(19-16-8)13(18)15-10-5-3-4-9(7-10)12(17)14-2/h3-7H,1-2H3,(H,14,17)(H,15,18). The van der Waals surface area contributed by atoms with Crippen molar-refractivity contribution in [2.45, 2.75) is 6.92 Å². The molecule has 6 heteroatoms. The summed E-state index contributed by atoms with van der Waals surface area (Å²) in [5, 5.41) is 8.79. The minimum atomic E-state index is -0.408. The first-order chi connectivity index (χ1) is 9.10. The Morgan fingerprint density at radius 2 is 2.00 bits per heavy atom. The number of carbonyl (C=O) groups excluding carboxylic acids is 2. The Bertz CT molecular complexity index is 619. The number of carbonyl (C=O) groups is 2. The first-order valence-corrected chi connectivity index (χ1v) is 5.67. The van der Waals surface area contributed by atoms with Crippen molar-refractivity contribution in [1.29, 1.82) is 0 Å². The molecule has 98 valence electrons. The van der Waals surface area contributed by atoms with Gasteiger partial charge in [-0.25, -0.2) is 0 Å². The minimum Gasteiger partial charge on any atom is -0.355 e. The molecule has 0 fully saturated rings. The van der Waals surface area contributed by atoms with Crippen LogP contribution in [0.1, 0.15) is 26.6 Å². The number of aryl methyl sites for hydroxylation is 1. The number of hydrogen-bond donors (Lipinski definition) is 2. The molecule has 1 heterocycles. The smallest absolute Gasteiger partial charge is 0.294 e. The summed E-state index contributed by atoms with van der Waals surface area (Å²) in [7, 11) is 1.55. The van der Waals surface area contributed by atoms with Crippen molar-refractivity contribution in [1.82, 2.24) is 10.5 Å². The van der Waals surface area contributed by atoms with Gasteiger partial charge in [-0.1, -0.05) is 11.2 Å². The van der Waals surface area contributed by atoms with E-state index in [0.717, 1.165) is 0 Å². The molecular weight excluding hydrogens is 246 g/mol. The highest BCUT2D eigenvalue weighted by Gasteiger charge is 2.12. The monoisotopic (exact) mass is 259 g/mol. The molecule has 0 aliphatic carbocycles. The second-order valence-corrected chi connectivity index (χ2v) is 3.95. The van der Waals surface area contributed by atoms with E-state index in [-0.39, 0.29) is 11.7 Å². The van der Waals surface area contributed by atoms with E-state index < -0.39 is 5.91 Å². The molecule has 2 N–H and O–H groups in total. The van der Waals surface area contributed by atoms with Crippen molar-refractivity contribution >= 4 is 17.5 Å². The molecule has 0 aliphatic heterocycles. The molecule has 0 aliphatic rings. The number of nitrogens with zero attached hydrogens (tertiary/aromatic N) is 1. The van der Waals surface area contributed by atoms with Crippen LogP contribution in [0.5, 0.6) is 0 Å². The van der Waals surface area contributed by atoms with Crippen molar-refractivity contribution in [3.63, 3.8) is 0 Å². The summed E-state index contributed by atoms with van der Waals surface area (Å²) in [6.45, 7) is 1.73. The van der Waals surface area contributed by atoms with E-state index >= 15 is 0 Å². The Balaban J connectivity index is 2.15. The van der Waals surface area contributed by atoms with Crippen LogP contribution in [0.25, 0.3) is 0 Å². The Hall–Kier alpha value is -2.63. The van der Waals surface area contributed by atoms with Gasteiger partial charge in [0.05, 0.1) is 5.69 Å². The van der Waals surface area contributed by atoms with Crippen LogP contribution in [0, 0.1) is 6.92 Å². The molecular formula is C13H13N3O3. The van der Waals surface area contributed by atoms with Crippen molar-refractivity contribution in [3.8, 4) is 0 Å².